The first kappa shape index (κ1) is 21.7. The highest BCUT2D eigenvalue weighted by atomic mass is 16.5. The standard InChI is InChI=1S/C27H26N4O3/c1-17-29-24-15-22(33-3)8-9-23(24)26(30-17)31-11-12-34-25-10-7-19(14-21(25)16-31)18-5-4-6-20(13-18)27(32)28-2/h4-10,13-15H,11-12,16H2,1-3H3,(H,28,32). The molecule has 1 N–H and O–H groups in total. The number of fused-ring (bicyclic) bond motifs is 2. The quantitative estimate of drug-likeness (QED) is 0.493. The summed E-state index contributed by atoms with van der Waals surface area (Å²) in [6.07, 6.45) is 0. The average Bonchev–Trinajstić information content (AvgIpc) is 3.09. The first-order chi connectivity index (χ1) is 16.6. The minimum Gasteiger partial charge on any atom is -0.497 e. The van der Waals surface area contributed by atoms with Crippen LogP contribution in [-0.4, -0.2) is 43.2 Å². The maximum Gasteiger partial charge on any atom is 0.251 e. The van der Waals surface area contributed by atoms with Crippen LogP contribution in [0.3, 0.4) is 0 Å². The predicted molar refractivity (Wildman–Crippen MR) is 133 cm³/mol. The Hall–Kier alpha value is -4.13. The summed E-state index contributed by atoms with van der Waals surface area (Å²) in [7, 11) is 3.29. The number of nitrogens with one attached hydrogen (secondary N) is 1. The van der Waals surface area contributed by atoms with E-state index in [0.717, 1.165) is 44.9 Å². The summed E-state index contributed by atoms with van der Waals surface area (Å²) >= 11 is 0. The van der Waals surface area contributed by atoms with Gasteiger partial charge in [0.1, 0.15) is 29.7 Å². The van der Waals surface area contributed by atoms with Gasteiger partial charge < -0.3 is 19.7 Å². The molecule has 0 bridgehead atoms. The van der Waals surface area contributed by atoms with Crippen LogP contribution in [0.2, 0.25) is 0 Å². The Morgan fingerprint density at radius 3 is 2.74 bits per heavy atom. The molecular weight excluding hydrogens is 428 g/mol. The summed E-state index contributed by atoms with van der Waals surface area (Å²) in [5.74, 6) is 3.12. The lowest BCUT2D eigenvalue weighted by atomic mass is 10.00. The number of aryl methyl sites for hydroxylation is 1. The number of aromatic nitrogens is 2. The van der Waals surface area contributed by atoms with Gasteiger partial charge in [0.15, 0.2) is 0 Å². The molecule has 4 aromatic rings. The maximum atomic E-state index is 12.1. The zero-order chi connectivity index (χ0) is 23.7. The smallest absolute Gasteiger partial charge is 0.251 e. The Labute approximate surface area is 198 Å². The molecule has 0 radical (unpaired) electrons. The third-order valence-electron chi connectivity index (χ3n) is 6.02. The van der Waals surface area contributed by atoms with Crippen molar-refractivity contribution in [2.75, 3.05) is 32.2 Å². The van der Waals surface area contributed by atoms with Crippen molar-refractivity contribution < 1.29 is 14.3 Å². The van der Waals surface area contributed by atoms with E-state index < -0.39 is 0 Å². The summed E-state index contributed by atoms with van der Waals surface area (Å²) < 4.78 is 11.5. The lowest BCUT2D eigenvalue weighted by Gasteiger charge is -2.23. The third-order valence-corrected chi connectivity index (χ3v) is 6.02. The lowest BCUT2D eigenvalue weighted by Crippen LogP contribution is -2.26. The van der Waals surface area contributed by atoms with Crippen molar-refractivity contribution in [2.24, 2.45) is 0 Å². The van der Waals surface area contributed by atoms with Gasteiger partial charge in [0, 0.05) is 36.2 Å². The molecular formula is C27H26N4O3. The molecule has 7 heteroatoms. The first-order valence-electron chi connectivity index (χ1n) is 11.2. The van der Waals surface area contributed by atoms with Gasteiger partial charge in [-0.05, 0) is 54.4 Å². The third kappa shape index (κ3) is 4.12. The molecule has 0 aliphatic carbocycles. The van der Waals surface area contributed by atoms with E-state index in [-0.39, 0.29) is 5.91 Å². The number of benzene rings is 3. The van der Waals surface area contributed by atoms with Gasteiger partial charge in [-0.2, -0.15) is 0 Å². The fourth-order valence-corrected chi connectivity index (χ4v) is 4.31. The molecule has 1 aliphatic heterocycles. The highest BCUT2D eigenvalue weighted by Gasteiger charge is 2.20. The van der Waals surface area contributed by atoms with Gasteiger partial charge in [0.05, 0.1) is 19.2 Å². The largest absolute Gasteiger partial charge is 0.497 e. The van der Waals surface area contributed by atoms with Gasteiger partial charge in [0.2, 0.25) is 0 Å². The second-order valence-corrected chi connectivity index (χ2v) is 8.23. The number of carbonyl (C=O) groups excluding carboxylic acids is 1. The fraction of sp³-hybridized carbons (Fsp3) is 0.222. The van der Waals surface area contributed by atoms with E-state index in [1.165, 1.54) is 0 Å². The van der Waals surface area contributed by atoms with E-state index in [1.54, 1.807) is 14.2 Å². The zero-order valence-electron chi connectivity index (χ0n) is 19.5. The molecule has 1 aromatic heterocycles. The monoisotopic (exact) mass is 454 g/mol. The number of hydrogen-bond acceptors (Lipinski definition) is 6. The summed E-state index contributed by atoms with van der Waals surface area (Å²) in [6, 6.07) is 19.7. The van der Waals surface area contributed by atoms with Crippen LogP contribution >= 0.6 is 0 Å². The van der Waals surface area contributed by atoms with Gasteiger partial charge in [-0.1, -0.05) is 18.2 Å². The van der Waals surface area contributed by atoms with Crippen molar-refractivity contribution in [3.63, 3.8) is 0 Å². The molecule has 0 fully saturated rings. The van der Waals surface area contributed by atoms with E-state index in [9.17, 15) is 4.79 Å². The SMILES string of the molecule is CNC(=O)c1cccc(-c2ccc3c(c2)CN(c2nc(C)nc4cc(OC)ccc24)CCO3)c1. The minimum atomic E-state index is -0.103. The van der Waals surface area contributed by atoms with E-state index in [4.69, 9.17) is 14.5 Å². The van der Waals surface area contributed by atoms with E-state index in [0.29, 0.717) is 31.1 Å². The van der Waals surface area contributed by atoms with Crippen LogP contribution in [0.1, 0.15) is 21.7 Å². The lowest BCUT2D eigenvalue weighted by molar-refractivity contribution is 0.0963. The van der Waals surface area contributed by atoms with E-state index in [2.05, 4.69) is 21.3 Å². The Kier molecular flexibility index (Phi) is 5.76. The number of hydrogen-bond donors (Lipinski definition) is 1. The number of carbonyl (C=O) groups is 1. The van der Waals surface area contributed by atoms with E-state index >= 15 is 0 Å². The molecule has 1 amide bonds. The first-order valence-corrected chi connectivity index (χ1v) is 11.2. The van der Waals surface area contributed by atoms with Crippen molar-refractivity contribution in [2.45, 2.75) is 13.5 Å². The van der Waals surface area contributed by atoms with Crippen LogP contribution in [0.25, 0.3) is 22.0 Å². The van der Waals surface area contributed by atoms with Crippen molar-refractivity contribution in [3.8, 4) is 22.6 Å². The second kappa shape index (κ2) is 9.02. The molecule has 2 heterocycles. The van der Waals surface area contributed by atoms with E-state index in [1.807, 2.05) is 61.5 Å². The van der Waals surface area contributed by atoms with Gasteiger partial charge in [0.25, 0.3) is 5.91 Å². The van der Waals surface area contributed by atoms with Gasteiger partial charge in [-0.3, -0.25) is 4.79 Å². The predicted octanol–water partition coefficient (Wildman–Crippen LogP) is 4.37. The molecule has 0 spiro atoms. The molecule has 0 atom stereocenters. The number of ether oxygens (including phenoxy) is 2. The number of amides is 1. The summed E-state index contributed by atoms with van der Waals surface area (Å²) in [5, 5.41) is 3.66. The van der Waals surface area contributed by atoms with Gasteiger partial charge >= 0.3 is 0 Å². The summed E-state index contributed by atoms with van der Waals surface area (Å²) in [6.45, 7) is 3.81. The number of methoxy groups -OCH3 is 1. The number of rotatable bonds is 4. The van der Waals surface area contributed by atoms with Crippen molar-refractivity contribution >= 4 is 22.6 Å². The van der Waals surface area contributed by atoms with Crippen molar-refractivity contribution in [1.82, 2.24) is 15.3 Å². The molecule has 34 heavy (non-hydrogen) atoms. The Balaban J connectivity index is 1.53. The Morgan fingerprint density at radius 1 is 1.06 bits per heavy atom. The van der Waals surface area contributed by atoms with Crippen LogP contribution in [0.5, 0.6) is 11.5 Å². The summed E-state index contributed by atoms with van der Waals surface area (Å²) in [4.78, 5) is 23.7. The van der Waals surface area contributed by atoms with Crippen molar-refractivity contribution in [3.05, 3.63) is 77.6 Å². The molecule has 5 rings (SSSR count). The molecule has 0 unspecified atom stereocenters. The molecule has 1 aliphatic rings. The van der Waals surface area contributed by atoms with Gasteiger partial charge in [-0.25, -0.2) is 9.97 Å². The normalized spacial score (nSPS) is 13.1. The highest BCUT2D eigenvalue weighted by Crippen LogP contribution is 2.33. The fourth-order valence-electron chi connectivity index (χ4n) is 4.31. The second-order valence-electron chi connectivity index (χ2n) is 8.23. The van der Waals surface area contributed by atoms with Crippen LogP contribution in [0.4, 0.5) is 5.82 Å². The number of anilines is 1. The topological polar surface area (TPSA) is 76.6 Å². The number of nitrogens with zero attached hydrogens (tertiary/aromatic N) is 3. The molecule has 3 aromatic carbocycles. The van der Waals surface area contributed by atoms with Crippen molar-refractivity contribution in [1.29, 1.82) is 0 Å². The maximum absolute atomic E-state index is 12.1. The molecule has 172 valence electrons. The minimum absolute atomic E-state index is 0.103. The molecule has 0 saturated carbocycles. The van der Waals surface area contributed by atoms with Crippen LogP contribution in [-0.2, 0) is 6.54 Å². The van der Waals surface area contributed by atoms with Crippen LogP contribution in [0, 0.1) is 6.92 Å². The van der Waals surface area contributed by atoms with Crippen LogP contribution < -0.4 is 19.7 Å². The molecule has 0 saturated heterocycles. The Morgan fingerprint density at radius 2 is 1.91 bits per heavy atom. The highest BCUT2D eigenvalue weighted by molar-refractivity contribution is 5.95. The van der Waals surface area contributed by atoms with Crippen LogP contribution in [0.15, 0.2) is 60.7 Å². The summed E-state index contributed by atoms with van der Waals surface area (Å²) in [5.41, 5.74) is 4.56. The zero-order valence-corrected chi connectivity index (χ0v) is 19.5. The Bertz CT molecular complexity index is 1390. The van der Waals surface area contributed by atoms with Gasteiger partial charge in [-0.15, -0.1) is 0 Å². The molecule has 7 nitrogen and oxygen atoms in total. The average molecular weight is 455 g/mol.